The molecule has 108 valence electrons. The zero-order valence-electron chi connectivity index (χ0n) is 10.8. The Bertz CT molecular complexity index is 523. The van der Waals surface area contributed by atoms with Crippen LogP contribution in [0.25, 0.3) is 0 Å². The third-order valence-corrected chi connectivity index (χ3v) is 3.37. The highest BCUT2D eigenvalue weighted by Crippen LogP contribution is 2.30. The summed E-state index contributed by atoms with van der Waals surface area (Å²) in [5.74, 6) is 0. The quantitative estimate of drug-likeness (QED) is 0.916. The Kier molecular flexibility index (Phi) is 4.72. The number of aromatic nitrogens is 2. The molecule has 0 aliphatic rings. The molecule has 1 aromatic carbocycles. The number of hydrogen-bond donors (Lipinski definition) is 1. The van der Waals surface area contributed by atoms with E-state index >= 15 is 0 Å². The van der Waals surface area contributed by atoms with Crippen molar-refractivity contribution in [3.63, 3.8) is 0 Å². The van der Waals surface area contributed by atoms with Gasteiger partial charge in [-0.15, -0.1) is 5.10 Å². The largest absolute Gasteiger partial charge is 0.416 e. The Morgan fingerprint density at radius 3 is 2.45 bits per heavy atom. The van der Waals surface area contributed by atoms with E-state index in [4.69, 9.17) is 0 Å². The highest BCUT2D eigenvalue weighted by molar-refractivity contribution is 7.03. The zero-order valence-corrected chi connectivity index (χ0v) is 11.6. The van der Waals surface area contributed by atoms with Crippen molar-refractivity contribution in [2.75, 3.05) is 6.54 Å². The smallest absolute Gasteiger partial charge is 0.305 e. The predicted molar refractivity (Wildman–Crippen MR) is 71.5 cm³/mol. The van der Waals surface area contributed by atoms with Crippen LogP contribution in [0.3, 0.4) is 0 Å². The van der Waals surface area contributed by atoms with Crippen LogP contribution < -0.4 is 5.32 Å². The average molecular weight is 301 g/mol. The standard InChI is InChI=1S/C13H14F3N3S/c1-2-7-17-12(11-8-20-19-18-11)9-3-5-10(6-4-9)13(14,15)16/h3-6,8,12,17H,2,7H2,1H3. The van der Waals surface area contributed by atoms with Crippen molar-refractivity contribution < 1.29 is 13.2 Å². The van der Waals surface area contributed by atoms with Crippen molar-refractivity contribution in [2.24, 2.45) is 0 Å². The van der Waals surface area contributed by atoms with Crippen LogP contribution >= 0.6 is 11.5 Å². The molecule has 0 aliphatic carbocycles. The minimum atomic E-state index is -4.31. The van der Waals surface area contributed by atoms with Crippen LogP contribution in [0.4, 0.5) is 13.2 Å². The van der Waals surface area contributed by atoms with Gasteiger partial charge in [0.2, 0.25) is 0 Å². The summed E-state index contributed by atoms with van der Waals surface area (Å²) in [6, 6.07) is 4.92. The van der Waals surface area contributed by atoms with Gasteiger partial charge < -0.3 is 5.32 Å². The van der Waals surface area contributed by atoms with Crippen molar-refractivity contribution in [3.8, 4) is 0 Å². The van der Waals surface area contributed by atoms with E-state index in [2.05, 4.69) is 14.9 Å². The second-order valence-electron chi connectivity index (χ2n) is 4.34. The van der Waals surface area contributed by atoms with Crippen molar-refractivity contribution in [3.05, 3.63) is 46.5 Å². The lowest BCUT2D eigenvalue weighted by Gasteiger charge is -2.17. The van der Waals surface area contributed by atoms with Gasteiger partial charge in [0.05, 0.1) is 17.3 Å². The SMILES string of the molecule is CCCNC(c1ccc(C(F)(F)F)cc1)c1csnn1. The summed E-state index contributed by atoms with van der Waals surface area (Å²) in [6.07, 6.45) is -3.39. The Morgan fingerprint density at radius 2 is 1.95 bits per heavy atom. The lowest BCUT2D eigenvalue weighted by atomic mass is 10.0. The maximum absolute atomic E-state index is 12.6. The molecule has 0 radical (unpaired) electrons. The van der Waals surface area contributed by atoms with E-state index in [0.717, 1.165) is 36.4 Å². The van der Waals surface area contributed by atoms with Crippen molar-refractivity contribution in [1.82, 2.24) is 14.9 Å². The molecule has 3 nitrogen and oxygen atoms in total. The van der Waals surface area contributed by atoms with Gasteiger partial charge in [0.1, 0.15) is 0 Å². The van der Waals surface area contributed by atoms with E-state index in [9.17, 15) is 13.2 Å². The van der Waals surface area contributed by atoms with Crippen molar-refractivity contribution in [1.29, 1.82) is 0 Å². The second kappa shape index (κ2) is 6.32. The summed E-state index contributed by atoms with van der Waals surface area (Å²) in [5.41, 5.74) is 0.828. The first-order valence-corrected chi connectivity index (χ1v) is 7.03. The maximum Gasteiger partial charge on any atom is 0.416 e. The third kappa shape index (κ3) is 3.55. The van der Waals surface area contributed by atoms with Gasteiger partial charge in [-0.05, 0) is 42.2 Å². The molecule has 1 unspecified atom stereocenters. The number of benzene rings is 1. The molecule has 0 bridgehead atoms. The van der Waals surface area contributed by atoms with Crippen LogP contribution in [0, 0.1) is 0 Å². The van der Waals surface area contributed by atoms with Crippen molar-refractivity contribution in [2.45, 2.75) is 25.6 Å². The Balaban J connectivity index is 2.25. The van der Waals surface area contributed by atoms with Gasteiger partial charge in [-0.3, -0.25) is 0 Å². The lowest BCUT2D eigenvalue weighted by molar-refractivity contribution is -0.137. The molecule has 0 aliphatic heterocycles. The molecule has 0 saturated carbocycles. The number of rotatable bonds is 5. The molecule has 7 heteroatoms. The van der Waals surface area contributed by atoms with Gasteiger partial charge >= 0.3 is 6.18 Å². The predicted octanol–water partition coefficient (Wildman–Crippen LogP) is 3.65. The number of nitrogens with one attached hydrogen (secondary N) is 1. The molecular weight excluding hydrogens is 287 g/mol. The third-order valence-electron chi connectivity index (χ3n) is 2.84. The van der Waals surface area contributed by atoms with Crippen LogP contribution in [-0.4, -0.2) is 16.1 Å². The van der Waals surface area contributed by atoms with E-state index in [1.165, 1.54) is 23.7 Å². The van der Waals surface area contributed by atoms with E-state index in [0.29, 0.717) is 0 Å². The second-order valence-corrected chi connectivity index (χ2v) is 4.95. The number of hydrogen-bond acceptors (Lipinski definition) is 4. The normalized spacial score (nSPS) is 13.4. The van der Waals surface area contributed by atoms with E-state index < -0.39 is 11.7 Å². The van der Waals surface area contributed by atoms with Crippen LogP contribution in [-0.2, 0) is 6.18 Å². The maximum atomic E-state index is 12.6. The Labute approximate surface area is 119 Å². The zero-order chi connectivity index (χ0) is 14.6. The molecule has 2 aromatic rings. The molecule has 0 saturated heterocycles. The van der Waals surface area contributed by atoms with Gasteiger partial charge in [-0.1, -0.05) is 23.5 Å². The summed E-state index contributed by atoms with van der Waals surface area (Å²) in [6.45, 7) is 2.78. The van der Waals surface area contributed by atoms with Crippen LogP contribution in [0.15, 0.2) is 29.6 Å². The van der Waals surface area contributed by atoms with Gasteiger partial charge in [-0.2, -0.15) is 13.2 Å². The monoisotopic (exact) mass is 301 g/mol. The number of halogens is 3. The fourth-order valence-electron chi connectivity index (χ4n) is 1.84. The van der Waals surface area contributed by atoms with Crippen LogP contribution in [0.2, 0.25) is 0 Å². The van der Waals surface area contributed by atoms with Gasteiger partial charge in [0, 0.05) is 5.38 Å². The topological polar surface area (TPSA) is 37.8 Å². The summed E-state index contributed by atoms with van der Waals surface area (Å²) in [4.78, 5) is 0. The summed E-state index contributed by atoms with van der Waals surface area (Å²) in [7, 11) is 0. The van der Waals surface area contributed by atoms with Gasteiger partial charge in [0.25, 0.3) is 0 Å². The van der Waals surface area contributed by atoms with Gasteiger partial charge in [-0.25, -0.2) is 0 Å². The van der Waals surface area contributed by atoms with E-state index in [-0.39, 0.29) is 6.04 Å². The fourth-order valence-corrected chi connectivity index (χ4v) is 2.32. The van der Waals surface area contributed by atoms with Crippen LogP contribution in [0.5, 0.6) is 0 Å². The molecule has 0 amide bonds. The van der Waals surface area contributed by atoms with E-state index in [1.54, 1.807) is 5.38 Å². The highest BCUT2D eigenvalue weighted by Gasteiger charge is 2.30. The summed E-state index contributed by atoms with van der Waals surface area (Å²) < 4.78 is 41.5. The van der Waals surface area contributed by atoms with E-state index in [1.807, 2.05) is 6.92 Å². The Hall–Kier alpha value is -1.47. The Morgan fingerprint density at radius 1 is 1.25 bits per heavy atom. The summed E-state index contributed by atoms with van der Waals surface area (Å²) >= 11 is 1.22. The summed E-state index contributed by atoms with van der Waals surface area (Å²) in [5, 5.41) is 9.07. The molecule has 1 atom stereocenters. The molecule has 2 rings (SSSR count). The lowest BCUT2D eigenvalue weighted by Crippen LogP contribution is -2.23. The fraction of sp³-hybridized carbons (Fsp3) is 0.385. The number of nitrogens with zero attached hydrogens (tertiary/aromatic N) is 2. The highest BCUT2D eigenvalue weighted by atomic mass is 32.1. The molecular formula is C13H14F3N3S. The van der Waals surface area contributed by atoms with Crippen LogP contribution in [0.1, 0.15) is 36.2 Å². The average Bonchev–Trinajstić information content (AvgIpc) is 2.93. The molecule has 1 aromatic heterocycles. The van der Waals surface area contributed by atoms with Crippen molar-refractivity contribution >= 4 is 11.5 Å². The minimum absolute atomic E-state index is 0.226. The molecule has 20 heavy (non-hydrogen) atoms. The minimum Gasteiger partial charge on any atom is -0.305 e. The van der Waals surface area contributed by atoms with Gasteiger partial charge in [0.15, 0.2) is 0 Å². The number of alkyl halides is 3. The first-order valence-electron chi connectivity index (χ1n) is 6.20. The first kappa shape index (κ1) is 14.9. The molecule has 0 spiro atoms. The molecule has 0 fully saturated rings. The molecule has 1 N–H and O–H groups in total. The first-order chi connectivity index (χ1) is 9.52. The molecule has 1 heterocycles.